The number of rotatable bonds is 5. The molecule has 5 nitrogen and oxygen atoms in total. The summed E-state index contributed by atoms with van der Waals surface area (Å²) in [5.74, 6) is -1.07. The second kappa shape index (κ2) is 5.63. The van der Waals surface area contributed by atoms with Crippen molar-refractivity contribution in [2.45, 2.75) is 32.8 Å². The number of anilines is 1. The van der Waals surface area contributed by atoms with Crippen LogP contribution in [0.5, 0.6) is 0 Å². The van der Waals surface area contributed by atoms with Gasteiger partial charge in [0.15, 0.2) is 0 Å². The third-order valence-electron chi connectivity index (χ3n) is 3.81. The Labute approximate surface area is 117 Å². The molecule has 2 rings (SSSR count). The zero-order valence-electron chi connectivity index (χ0n) is 11.7. The number of hydrogen-bond acceptors (Lipinski definition) is 3. The van der Waals surface area contributed by atoms with Gasteiger partial charge in [0, 0.05) is 18.2 Å². The SMILES string of the molecule is COCc1cc(NC(=O)C2(C)CCC2)cc(C(=O)O)c1. The first-order valence-electron chi connectivity index (χ1n) is 6.62. The summed E-state index contributed by atoms with van der Waals surface area (Å²) in [7, 11) is 1.54. The number of aromatic carboxylic acids is 1. The summed E-state index contributed by atoms with van der Waals surface area (Å²) in [6.45, 7) is 2.24. The molecule has 2 N–H and O–H groups in total. The molecule has 0 heterocycles. The second-order valence-corrected chi connectivity index (χ2v) is 5.53. The van der Waals surface area contributed by atoms with Gasteiger partial charge in [0.2, 0.25) is 5.91 Å². The minimum absolute atomic E-state index is 0.0466. The number of carboxylic acid groups (broad SMARTS) is 1. The Bertz CT molecular complexity index is 535. The first kappa shape index (κ1) is 14.5. The van der Waals surface area contributed by atoms with Gasteiger partial charge < -0.3 is 15.2 Å². The Morgan fingerprint density at radius 3 is 2.55 bits per heavy atom. The molecule has 0 spiro atoms. The summed E-state index contributed by atoms with van der Waals surface area (Å²) in [5.41, 5.74) is 1.06. The van der Waals surface area contributed by atoms with Crippen LogP contribution in [0.1, 0.15) is 42.1 Å². The van der Waals surface area contributed by atoms with E-state index in [1.807, 2.05) is 6.92 Å². The van der Waals surface area contributed by atoms with E-state index in [0.717, 1.165) is 24.8 Å². The smallest absolute Gasteiger partial charge is 0.335 e. The molecular formula is C15H19NO4. The highest BCUT2D eigenvalue weighted by Gasteiger charge is 2.39. The average Bonchev–Trinajstić information content (AvgIpc) is 2.35. The van der Waals surface area contributed by atoms with Gasteiger partial charge in [0.25, 0.3) is 0 Å². The molecule has 0 unspecified atom stereocenters. The number of nitrogens with one attached hydrogen (secondary N) is 1. The highest BCUT2D eigenvalue weighted by molar-refractivity contribution is 5.97. The van der Waals surface area contributed by atoms with Crippen molar-refractivity contribution in [2.24, 2.45) is 5.41 Å². The zero-order chi connectivity index (χ0) is 14.8. The fraction of sp³-hybridized carbons (Fsp3) is 0.467. The van der Waals surface area contributed by atoms with Crippen molar-refractivity contribution in [2.75, 3.05) is 12.4 Å². The Kier molecular flexibility index (Phi) is 4.09. The van der Waals surface area contributed by atoms with Crippen molar-refractivity contribution in [3.8, 4) is 0 Å². The lowest BCUT2D eigenvalue weighted by Gasteiger charge is -2.36. The van der Waals surface area contributed by atoms with Gasteiger partial charge >= 0.3 is 5.97 Å². The molecule has 0 radical (unpaired) electrons. The summed E-state index contributed by atoms with van der Waals surface area (Å²) in [4.78, 5) is 23.3. The van der Waals surface area contributed by atoms with E-state index in [2.05, 4.69) is 5.32 Å². The predicted molar refractivity (Wildman–Crippen MR) is 74.7 cm³/mol. The molecule has 108 valence electrons. The molecule has 1 aliphatic carbocycles. The molecular weight excluding hydrogens is 258 g/mol. The minimum Gasteiger partial charge on any atom is -0.478 e. The fourth-order valence-corrected chi connectivity index (χ4v) is 2.35. The van der Waals surface area contributed by atoms with Gasteiger partial charge in [-0.2, -0.15) is 0 Å². The number of carboxylic acids is 1. The zero-order valence-corrected chi connectivity index (χ0v) is 11.7. The number of methoxy groups -OCH3 is 1. The Balaban J connectivity index is 2.21. The van der Waals surface area contributed by atoms with Crippen molar-refractivity contribution >= 4 is 17.6 Å². The van der Waals surface area contributed by atoms with E-state index in [9.17, 15) is 9.59 Å². The maximum atomic E-state index is 12.2. The number of hydrogen-bond donors (Lipinski definition) is 2. The van der Waals surface area contributed by atoms with Crippen LogP contribution in [-0.2, 0) is 16.1 Å². The monoisotopic (exact) mass is 277 g/mol. The van der Waals surface area contributed by atoms with E-state index in [0.29, 0.717) is 12.3 Å². The Morgan fingerprint density at radius 1 is 1.35 bits per heavy atom. The van der Waals surface area contributed by atoms with E-state index in [4.69, 9.17) is 9.84 Å². The van der Waals surface area contributed by atoms with Crippen LogP contribution < -0.4 is 5.32 Å². The van der Waals surface area contributed by atoms with Crippen LogP contribution in [-0.4, -0.2) is 24.1 Å². The second-order valence-electron chi connectivity index (χ2n) is 5.53. The van der Waals surface area contributed by atoms with Crippen molar-refractivity contribution < 1.29 is 19.4 Å². The third-order valence-corrected chi connectivity index (χ3v) is 3.81. The molecule has 0 saturated heterocycles. The van der Waals surface area contributed by atoms with Gasteiger partial charge in [-0.15, -0.1) is 0 Å². The lowest BCUT2D eigenvalue weighted by molar-refractivity contribution is -0.128. The van der Waals surface area contributed by atoms with E-state index in [1.54, 1.807) is 19.2 Å². The van der Waals surface area contributed by atoms with Crippen LogP contribution in [0.15, 0.2) is 18.2 Å². The molecule has 1 aromatic carbocycles. The lowest BCUT2D eigenvalue weighted by Crippen LogP contribution is -2.39. The molecule has 20 heavy (non-hydrogen) atoms. The average molecular weight is 277 g/mol. The number of carbonyl (C=O) groups excluding carboxylic acids is 1. The first-order valence-corrected chi connectivity index (χ1v) is 6.62. The van der Waals surface area contributed by atoms with Crippen LogP contribution in [0.2, 0.25) is 0 Å². The molecule has 0 aromatic heterocycles. The highest BCUT2D eigenvalue weighted by Crippen LogP contribution is 2.41. The number of ether oxygens (including phenoxy) is 1. The van der Waals surface area contributed by atoms with Crippen molar-refractivity contribution in [1.29, 1.82) is 0 Å². The third kappa shape index (κ3) is 2.99. The van der Waals surface area contributed by atoms with Gasteiger partial charge in [-0.25, -0.2) is 4.79 Å². The van der Waals surface area contributed by atoms with Gasteiger partial charge in [0.05, 0.1) is 12.2 Å². The summed E-state index contributed by atoms with van der Waals surface area (Å²) >= 11 is 0. The van der Waals surface area contributed by atoms with Crippen LogP contribution >= 0.6 is 0 Å². The minimum atomic E-state index is -1.02. The number of benzene rings is 1. The molecule has 1 amide bonds. The molecule has 1 fully saturated rings. The molecule has 1 aromatic rings. The van der Waals surface area contributed by atoms with Gasteiger partial charge in [-0.3, -0.25) is 4.79 Å². The summed E-state index contributed by atoms with van der Waals surface area (Å²) < 4.78 is 5.02. The van der Waals surface area contributed by atoms with Crippen LogP contribution in [0.4, 0.5) is 5.69 Å². The van der Waals surface area contributed by atoms with Gasteiger partial charge in [-0.1, -0.05) is 13.3 Å². The quantitative estimate of drug-likeness (QED) is 0.867. The Hall–Kier alpha value is -1.88. The summed E-state index contributed by atoms with van der Waals surface area (Å²) in [5, 5.41) is 11.9. The standard InChI is InChI=1S/C15H19NO4/c1-15(4-3-5-15)14(19)16-12-7-10(9-20-2)6-11(8-12)13(17)18/h6-8H,3-5,9H2,1-2H3,(H,16,19)(H,17,18). The topological polar surface area (TPSA) is 75.6 Å². The fourth-order valence-electron chi connectivity index (χ4n) is 2.35. The molecule has 5 heteroatoms. The van der Waals surface area contributed by atoms with Crippen LogP contribution in [0, 0.1) is 5.41 Å². The summed E-state index contributed by atoms with van der Waals surface area (Å²) in [6.07, 6.45) is 2.82. The Morgan fingerprint density at radius 2 is 2.05 bits per heavy atom. The van der Waals surface area contributed by atoms with E-state index in [-0.39, 0.29) is 16.9 Å². The molecule has 1 saturated carbocycles. The van der Waals surface area contributed by atoms with E-state index < -0.39 is 5.97 Å². The number of amides is 1. The van der Waals surface area contributed by atoms with Crippen molar-refractivity contribution in [3.05, 3.63) is 29.3 Å². The maximum absolute atomic E-state index is 12.2. The molecule has 0 atom stereocenters. The molecule has 1 aliphatic rings. The van der Waals surface area contributed by atoms with Crippen LogP contribution in [0.25, 0.3) is 0 Å². The van der Waals surface area contributed by atoms with Gasteiger partial charge in [0.1, 0.15) is 0 Å². The maximum Gasteiger partial charge on any atom is 0.335 e. The molecule has 0 aliphatic heterocycles. The van der Waals surface area contributed by atoms with Gasteiger partial charge in [-0.05, 0) is 36.6 Å². The normalized spacial score (nSPS) is 16.3. The largest absolute Gasteiger partial charge is 0.478 e. The first-order chi connectivity index (χ1) is 9.44. The highest BCUT2D eigenvalue weighted by atomic mass is 16.5. The van der Waals surface area contributed by atoms with Crippen molar-refractivity contribution in [1.82, 2.24) is 0 Å². The lowest BCUT2D eigenvalue weighted by atomic mass is 9.70. The number of carbonyl (C=O) groups is 2. The van der Waals surface area contributed by atoms with Crippen molar-refractivity contribution in [3.63, 3.8) is 0 Å². The predicted octanol–water partition coefficient (Wildman–Crippen LogP) is 2.66. The molecule has 0 bridgehead atoms. The summed E-state index contributed by atoms with van der Waals surface area (Å²) in [6, 6.07) is 4.77. The van der Waals surface area contributed by atoms with E-state index in [1.165, 1.54) is 6.07 Å². The van der Waals surface area contributed by atoms with Crippen LogP contribution in [0.3, 0.4) is 0 Å². The van der Waals surface area contributed by atoms with E-state index >= 15 is 0 Å².